The van der Waals surface area contributed by atoms with Gasteiger partial charge in [0.2, 0.25) is 0 Å². The van der Waals surface area contributed by atoms with Crippen molar-refractivity contribution in [3.63, 3.8) is 0 Å². The quantitative estimate of drug-likeness (QED) is 0.368. The highest BCUT2D eigenvalue weighted by Gasteiger charge is 2.25. The number of carbonyl (C=O) groups excluding carboxylic acids is 2. The molecule has 0 aromatic heterocycles. The topological polar surface area (TPSA) is 108 Å². The summed E-state index contributed by atoms with van der Waals surface area (Å²) in [6, 6.07) is 20.8. The molecule has 0 spiro atoms. The number of anilines is 1. The first-order valence-corrected chi connectivity index (χ1v) is 14.1. The molecule has 2 aliphatic heterocycles. The van der Waals surface area contributed by atoms with E-state index in [1.807, 2.05) is 24.3 Å². The lowest BCUT2D eigenvalue weighted by molar-refractivity contribution is 0.0696. The predicted molar refractivity (Wildman–Crippen MR) is 155 cm³/mol. The predicted octanol–water partition coefficient (Wildman–Crippen LogP) is 5.67. The average Bonchev–Trinajstić information content (AvgIpc) is 2.99. The Kier molecular flexibility index (Phi) is 9.15. The lowest BCUT2D eigenvalue weighted by Crippen LogP contribution is -2.43. The summed E-state index contributed by atoms with van der Waals surface area (Å²) >= 11 is 0. The fourth-order valence-electron chi connectivity index (χ4n) is 5.14. The van der Waals surface area contributed by atoms with Crippen molar-refractivity contribution in [2.45, 2.75) is 44.8 Å². The van der Waals surface area contributed by atoms with E-state index in [0.717, 1.165) is 19.6 Å². The highest BCUT2D eigenvalue weighted by molar-refractivity contribution is 6.04. The van der Waals surface area contributed by atoms with Gasteiger partial charge in [-0.25, -0.2) is 9.59 Å². The zero-order valence-corrected chi connectivity index (χ0v) is 23.0. The fraction of sp³-hybridized carbons (Fsp3) is 0.344. The molecule has 3 aromatic carbocycles. The minimum atomic E-state index is -0.980. The van der Waals surface area contributed by atoms with Crippen LogP contribution in [-0.4, -0.2) is 65.2 Å². The van der Waals surface area contributed by atoms with E-state index in [2.05, 4.69) is 10.2 Å². The largest absolute Gasteiger partial charge is 0.490 e. The number of benzene rings is 3. The summed E-state index contributed by atoms with van der Waals surface area (Å²) in [5, 5.41) is 11.9. The highest BCUT2D eigenvalue weighted by Crippen LogP contribution is 2.22. The Labute approximate surface area is 239 Å². The van der Waals surface area contributed by atoms with E-state index in [4.69, 9.17) is 14.6 Å². The van der Waals surface area contributed by atoms with Gasteiger partial charge in [-0.1, -0.05) is 18.6 Å². The third-order valence-corrected chi connectivity index (χ3v) is 7.49. The molecule has 9 nitrogen and oxygen atoms in total. The smallest absolute Gasteiger partial charge is 0.415 e. The molecule has 0 unspecified atom stereocenters. The lowest BCUT2D eigenvalue weighted by atomic mass is 10.1. The molecule has 2 aliphatic rings. The Morgan fingerprint density at radius 3 is 2.00 bits per heavy atom. The normalized spacial score (nSPS) is 16.1. The SMILES string of the molecule is O=C(O)c1ccc(OC2CCN(C(=O)Oc3ccc(NC(=O)c4ccc(CN5CCCCC5)cc4)cc3)CC2)cc1. The van der Waals surface area contributed by atoms with Gasteiger partial charge in [0.25, 0.3) is 5.91 Å². The Morgan fingerprint density at radius 1 is 0.756 bits per heavy atom. The average molecular weight is 558 g/mol. The molecular weight excluding hydrogens is 522 g/mol. The van der Waals surface area contributed by atoms with Crippen molar-refractivity contribution in [3.8, 4) is 11.5 Å². The fourth-order valence-corrected chi connectivity index (χ4v) is 5.14. The number of carboxylic acids is 1. The molecule has 2 N–H and O–H groups in total. The number of piperidine rings is 2. The van der Waals surface area contributed by atoms with Crippen LogP contribution in [0.15, 0.2) is 72.8 Å². The maximum absolute atomic E-state index is 12.7. The van der Waals surface area contributed by atoms with Crippen molar-refractivity contribution in [1.82, 2.24) is 9.80 Å². The Bertz CT molecular complexity index is 1330. The van der Waals surface area contributed by atoms with Crippen LogP contribution in [0.1, 0.15) is 58.4 Å². The molecule has 2 fully saturated rings. The van der Waals surface area contributed by atoms with Crippen molar-refractivity contribution in [2.24, 2.45) is 0 Å². The summed E-state index contributed by atoms with van der Waals surface area (Å²) in [5.74, 6) is -0.172. The zero-order chi connectivity index (χ0) is 28.6. The number of likely N-dealkylation sites (tertiary alicyclic amines) is 2. The van der Waals surface area contributed by atoms with Crippen LogP contribution in [0.2, 0.25) is 0 Å². The molecule has 214 valence electrons. The van der Waals surface area contributed by atoms with Crippen LogP contribution in [0.25, 0.3) is 0 Å². The van der Waals surface area contributed by atoms with E-state index in [1.165, 1.54) is 37.0 Å². The van der Waals surface area contributed by atoms with Crippen molar-refractivity contribution in [1.29, 1.82) is 0 Å². The molecular formula is C32H35N3O6. The number of nitrogens with zero attached hydrogens (tertiary/aromatic N) is 2. The maximum atomic E-state index is 12.7. The van der Waals surface area contributed by atoms with E-state index in [1.54, 1.807) is 41.3 Å². The molecule has 9 heteroatoms. The van der Waals surface area contributed by atoms with Crippen molar-refractivity contribution < 1.29 is 29.0 Å². The van der Waals surface area contributed by atoms with E-state index < -0.39 is 12.1 Å². The van der Waals surface area contributed by atoms with Gasteiger partial charge in [-0.2, -0.15) is 0 Å². The molecule has 0 saturated carbocycles. The van der Waals surface area contributed by atoms with Crippen molar-refractivity contribution in [3.05, 3.63) is 89.5 Å². The molecule has 3 aromatic rings. The summed E-state index contributed by atoms with van der Waals surface area (Å²) in [6.07, 6.45) is 4.59. The van der Waals surface area contributed by atoms with Crippen LogP contribution in [-0.2, 0) is 6.54 Å². The van der Waals surface area contributed by atoms with Crippen LogP contribution in [0.3, 0.4) is 0 Å². The molecule has 0 aliphatic carbocycles. The van der Waals surface area contributed by atoms with Crippen LogP contribution in [0, 0.1) is 0 Å². The number of carbonyl (C=O) groups is 3. The number of aromatic carboxylic acids is 1. The van der Waals surface area contributed by atoms with Crippen LogP contribution in [0.4, 0.5) is 10.5 Å². The van der Waals surface area contributed by atoms with Gasteiger partial charge < -0.3 is 24.8 Å². The Hall–Kier alpha value is -4.37. The monoisotopic (exact) mass is 557 g/mol. The molecule has 2 amide bonds. The maximum Gasteiger partial charge on any atom is 0.415 e. The lowest BCUT2D eigenvalue weighted by Gasteiger charge is -2.31. The molecule has 2 saturated heterocycles. The number of ether oxygens (including phenoxy) is 2. The van der Waals surface area contributed by atoms with Gasteiger partial charge in [0.15, 0.2) is 0 Å². The first-order chi connectivity index (χ1) is 19.9. The summed E-state index contributed by atoms with van der Waals surface area (Å²) < 4.78 is 11.5. The second-order valence-corrected chi connectivity index (χ2v) is 10.5. The van der Waals surface area contributed by atoms with Crippen LogP contribution in [0.5, 0.6) is 11.5 Å². The summed E-state index contributed by atoms with van der Waals surface area (Å²) in [7, 11) is 0. The van der Waals surface area contributed by atoms with Gasteiger partial charge in [0.05, 0.1) is 5.56 Å². The number of amides is 2. The van der Waals surface area contributed by atoms with E-state index >= 15 is 0 Å². The van der Waals surface area contributed by atoms with Gasteiger partial charge in [0, 0.05) is 43.7 Å². The molecule has 0 atom stereocenters. The highest BCUT2D eigenvalue weighted by atomic mass is 16.6. The first kappa shape index (κ1) is 28.2. The van der Waals surface area contributed by atoms with E-state index in [-0.39, 0.29) is 17.6 Å². The van der Waals surface area contributed by atoms with Crippen molar-refractivity contribution in [2.75, 3.05) is 31.5 Å². The van der Waals surface area contributed by atoms with Crippen LogP contribution < -0.4 is 14.8 Å². The minimum Gasteiger partial charge on any atom is -0.490 e. The standard InChI is InChI=1S/C32H35N3O6/c36-30(24-6-4-23(5-7-24)22-34-18-2-1-3-19-34)33-26-10-14-28(15-11-26)41-32(39)35-20-16-29(17-21-35)40-27-12-8-25(9-13-27)31(37)38/h4-15,29H,1-3,16-22H2,(H,33,36)(H,37,38). The second kappa shape index (κ2) is 13.3. The second-order valence-electron chi connectivity index (χ2n) is 10.5. The summed E-state index contributed by atoms with van der Waals surface area (Å²) in [4.78, 5) is 40.5. The third kappa shape index (κ3) is 7.85. The van der Waals surface area contributed by atoms with Crippen LogP contribution >= 0.6 is 0 Å². The van der Waals surface area contributed by atoms with Gasteiger partial charge in [0.1, 0.15) is 17.6 Å². The molecule has 41 heavy (non-hydrogen) atoms. The Morgan fingerprint density at radius 2 is 1.37 bits per heavy atom. The molecule has 2 heterocycles. The number of nitrogens with one attached hydrogen (secondary N) is 1. The summed E-state index contributed by atoms with van der Waals surface area (Å²) in [5.41, 5.74) is 2.62. The molecule has 0 bridgehead atoms. The third-order valence-electron chi connectivity index (χ3n) is 7.49. The molecule has 0 radical (unpaired) electrons. The first-order valence-electron chi connectivity index (χ1n) is 14.1. The van der Waals surface area contributed by atoms with E-state index in [0.29, 0.717) is 48.7 Å². The Balaban J connectivity index is 1.05. The van der Waals surface area contributed by atoms with Gasteiger partial charge in [-0.15, -0.1) is 0 Å². The number of carboxylic acid groups (broad SMARTS) is 1. The van der Waals surface area contributed by atoms with E-state index in [9.17, 15) is 14.4 Å². The van der Waals surface area contributed by atoms with Gasteiger partial charge in [-0.3, -0.25) is 9.69 Å². The summed E-state index contributed by atoms with van der Waals surface area (Å²) in [6.45, 7) is 4.16. The number of hydrogen-bond acceptors (Lipinski definition) is 6. The number of rotatable bonds is 8. The molecule has 5 rings (SSSR count). The van der Waals surface area contributed by atoms with Crippen molar-refractivity contribution >= 4 is 23.7 Å². The minimum absolute atomic E-state index is 0.0662. The zero-order valence-electron chi connectivity index (χ0n) is 23.0. The van der Waals surface area contributed by atoms with Gasteiger partial charge >= 0.3 is 12.1 Å². The van der Waals surface area contributed by atoms with Gasteiger partial charge in [-0.05, 0) is 92.2 Å². The number of hydrogen-bond donors (Lipinski definition) is 2.